The Balaban J connectivity index is 1.51. The first kappa shape index (κ1) is 17.5. The van der Waals surface area contributed by atoms with E-state index in [0.717, 1.165) is 52.8 Å². The molecule has 0 aliphatic carbocycles. The van der Waals surface area contributed by atoms with Crippen LogP contribution in [-0.2, 0) is 11.3 Å². The molecular weight excluding hydrogens is 364 g/mol. The molecule has 0 saturated carbocycles. The first-order chi connectivity index (χ1) is 14.1. The molecule has 1 fully saturated rings. The van der Waals surface area contributed by atoms with E-state index >= 15 is 0 Å². The molecule has 1 aliphatic rings. The highest BCUT2D eigenvalue weighted by Gasteiger charge is 2.22. The Hall–Kier alpha value is -3.63. The Labute approximate surface area is 167 Å². The molecule has 0 radical (unpaired) electrons. The second-order valence-corrected chi connectivity index (χ2v) is 7.53. The Kier molecular flexibility index (Phi) is 4.07. The minimum absolute atomic E-state index is 0.165. The Morgan fingerprint density at radius 2 is 2.03 bits per heavy atom. The van der Waals surface area contributed by atoms with Crippen LogP contribution in [0, 0.1) is 11.3 Å². The fourth-order valence-electron chi connectivity index (χ4n) is 3.96. The van der Waals surface area contributed by atoms with Crippen LogP contribution in [0.15, 0.2) is 42.5 Å². The molecule has 0 spiro atoms. The van der Waals surface area contributed by atoms with E-state index in [-0.39, 0.29) is 5.91 Å². The number of likely N-dealkylation sites (N-methyl/N-ethyl adjacent to an activating group) is 1. The second kappa shape index (κ2) is 6.76. The van der Waals surface area contributed by atoms with Gasteiger partial charge >= 0.3 is 0 Å². The van der Waals surface area contributed by atoms with Crippen LogP contribution >= 0.6 is 0 Å². The molecule has 1 aliphatic heterocycles. The number of fused-ring (bicyclic) bond motifs is 2. The van der Waals surface area contributed by atoms with Crippen LogP contribution in [0.1, 0.15) is 11.1 Å². The number of aromatic nitrogens is 3. The molecule has 7 heteroatoms. The summed E-state index contributed by atoms with van der Waals surface area (Å²) in [5.74, 6) is 0.165. The second-order valence-electron chi connectivity index (χ2n) is 7.53. The molecular formula is C22H20N6O. The molecule has 2 aromatic heterocycles. The molecule has 1 saturated heterocycles. The van der Waals surface area contributed by atoms with Gasteiger partial charge in [-0.1, -0.05) is 12.1 Å². The summed E-state index contributed by atoms with van der Waals surface area (Å²) in [5, 5.41) is 18.7. The van der Waals surface area contributed by atoms with Crippen LogP contribution in [0.5, 0.6) is 0 Å². The Morgan fingerprint density at radius 1 is 1.14 bits per heavy atom. The van der Waals surface area contributed by atoms with Gasteiger partial charge in [0.2, 0.25) is 5.91 Å². The summed E-state index contributed by atoms with van der Waals surface area (Å²) < 4.78 is 0. The largest absolute Gasteiger partial charge is 0.353 e. The van der Waals surface area contributed by atoms with Crippen molar-refractivity contribution in [2.24, 2.45) is 0 Å². The van der Waals surface area contributed by atoms with Crippen molar-refractivity contribution >= 4 is 27.7 Å². The quantitative estimate of drug-likeness (QED) is 0.568. The van der Waals surface area contributed by atoms with E-state index in [9.17, 15) is 4.79 Å². The molecule has 5 rings (SSSR count). The highest BCUT2D eigenvalue weighted by atomic mass is 16.2. The number of nitrogens with one attached hydrogen (secondary N) is 2. The summed E-state index contributed by atoms with van der Waals surface area (Å²) in [5.41, 5.74) is 5.44. The van der Waals surface area contributed by atoms with Crippen LogP contribution in [0.25, 0.3) is 33.2 Å². The van der Waals surface area contributed by atoms with Gasteiger partial charge in [0.1, 0.15) is 5.69 Å². The van der Waals surface area contributed by atoms with E-state index in [2.05, 4.69) is 44.3 Å². The van der Waals surface area contributed by atoms with Gasteiger partial charge < -0.3 is 9.88 Å². The van der Waals surface area contributed by atoms with Gasteiger partial charge in [0.15, 0.2) is 0 Å². The maximum Gasteiger partial charge on any atom is 0.236 e. The maximum atomic E-state index is 12.0. The van der Waals surface area contributed by atoms with Crippen LogP contribution in [0.2, 0.25) is 0 Å². The number of nitrogens with zero attached hydrogens (tertiary/aromatic N) is 4. The number of hydrogen-bond acceptors (Lipinski definition) is 4. The van der Waals surface area contributed by atoms with Gasteiger partial charge in [-0.25, -0.2) is 0 Å². The number of carbonyl (C=O) groups excluding carboxylic acids is 1. The van der Waals surface area contributed by atoms with Crippen LogP contribution < -0.4 is 0 Å². The zero-order valence-corrected chi connectivity index (χ0v) is 16.1. The minimum Gasteiger partial charge on any atom is -0.353 e. The summed E-state index contributed by atoms with van der Waals surface area (Å²) in [6.45, 7) is 2.83. The molecule has 0 unspecified atom stereocenters. The monoisotopic (exact) mass is 384 g/mol. The number of hydrogen-bond donors (Lipinski definition) is 2. The number of rotatable bonds is 3. The first-order valence-corrected chi connectivity index (χ1v) is 9.58. The number of amides is 1. The number of piperazine rings is 1. The molecule has 4 aromatic rings. The van der Waals surface area contributed by atoms with E-state index in [1.807, 2.05) is 25.2 Å². The van der Waals surface area contributed by atoms with Crippen molar-refractivity contribution in [3.05, 3.63) is 53.6 Å². The fourth-order valence-corrected chi connectivity index (χ4v) is 3.96. The fraction of sp³-hybridized carbons (Fsp3) is 0.227. The van der Waals surface area contributed by atoms with E-state index in [1.54, 1.807) is 11.0 Å². The van der Waals surface area contributed by atoms with Gasteiger partial charge in [-0.05, 0) is 35.9 Å². The summed E-state index contributed by atoms with van der Waals surface area (Å²) in [7, 11) is 1.85. The standard InChI is InChI=1S/C22H20N6O/c1-27-7-8-28(13-21(27)29)12-15-3-2-4-18-17(15)10-20(24-18)22-16-6-5-14(11-23)9-19(16)25-26-22/h2-6,9-10,24H,7-8,12-13H2,1H3,(H,25,26). The van der Waals surface area contributed by atoms with E-state index in [1.165, 1.54) is 5.56 Å². The average Bonchev–Trinajstić information content (AvgIpc) is 3.34. The Morgan fingerprint density at radius 3 is 2.86 bits per heavy atom. The van der Waals surface area contributed by atoms with Crippen molar-refractivity contribution in [3.8, 4) is 17.5 Å². The molecule has 1 amide bonds. The summed E-state index contributed by atoms with van der Waals surface area (Å²) in [6, 6.07) is 16.0. The third-order valence-corrected chi connectivity index (χ3v) is 5.63. The summed E-state index contributed by atoms with van der Waals surface area (Å²) in [4.78, 5) is 19.5. The number of H-pyrrole nitrogens is 2. The lowest BCUT2D eigenvalue weighted by atomic mass is 10.1. The highest BCUT2D eigenvalue weighted by molar-refractivity contribution is 5.96. The number of benzene rings is 2. The highest BCUT2D eigenvalue weighted by Crippen LogP contribution is 2.31. The summed E-state index contributed by atoms with van der Waals surface area (Å²) >= 11 is 0. The zero-order valence-electron chi connectivity index (χ0n) is 16.1. The lowest BCUT2D eigenvalue weighted by Crippen LogP contribution is -2.47. The van der Waals surface area contributed by atoms with Gasteiger partial charge in [-0.3, -0.25) is 14.8 Å². The molecule has 144 valence electrons. The van der Waals surface area contributed by atoms with Gasteiger partial charge in [0, 0.05) is 43.0 Å². The maximum absolute atomic E-state index is 12.0. The van der Waals surface area contributed by atoms with Crippen molar-refractivity contribution < 1.29 is 4.79 Å². The smallest absolute Gasteiger partial charge is 0.236 e. The molecule has 29 heavy (non-hydrogen) atoms. The predicted molar refractivity (Wildman–Crippen MR) is 111 cm³/mol. The number of carbonyl (C=O) groups is 1. The third-order valence-electron chi connectivity index (χ3n) is 5.63. The van der Waals surface area contributed by atoms with E-state index in [0.29, 0.717) is 12.1 Å². The third kappa shape index (κ3) is 3.04. The van der Waals surface area contributed by atoms with Crippen LogP contribution in [0.4, 0.5) is 0 Å². The van der Waals surface area contributed by atoms with Gasteiger partial charge in [0.25, 0.3) is 0 Å². The SMILES string of the molecule is CN1CCN(Cc2cccc3[nH]c(-c4n[nH]c5cc(C#N)ccc45)cc23)CC1=O. The lowest BCUT2D eigenvalue weighted by molar-refractivity contribution is -0.134. The topological polar surface area (TPSA) is 91.8 Å². The molecule has 0 bridgehead atoms. The van der Waals surface area contributed by atoms with E-state index in [4.69, 9.17) is 5.26 Å². The van der Waals surface area contributed by atoms with Crippen molar-refractivity contribution in [3.63, 3.8) is 0 Å². The zero-order chi connectivity index (χ0) is 20.0. The van der Waals surface area contributed by atoms with Crippen LogP contribution in [0.3, 0.4) is 0 Å². The van der Waals surface area contributed by atoms with Crippen molar-refractivity contribution in [2.75, 3.05) is 26.7 Å². The molecule has 0 atom stereocenters. The molecule has 7 nitrogen and oxygen atoms in total. The molecule has 2 N–H and O–H groups in total. The normalized spacial score (nSPS) is 15.3. The van der Waals surface area contributed by atoms with Crippen LogP contribution in [-0.4, -0.2) is 57.6 Å². The lowest BCUT2D eigenvalue weighted by Gasteiger charge is -2.32. The van der Waals surface area contributed by atoms with E-state index < -0.39 is 0 Å². The predicted octanol–water partition coefficient (Wildman–Crippen LogP) is 2.86. The molecule has 2 aromatic carbocycles. The first-order valence-electron chi connectivity index (χ1n) is 9.58. The molecule has 3 heterocycles. The minimum atomic E-state index is 0.165. The van der Waals surface area contributed by atoms with Gasteiger partial charge in [-0.15, -0.1) is 0 Å². The van der Waals surface area contributed by atoms with Crippen molar-refractivity contribution in [1.82, 2.24) is 25.0 Å². The van der Waals surface area contributed by atoms with Gasteiger partial charge in [-0.2, -0.15) is 10.4 Å². The average molecular weight is 384 g/mol. The van der Waals surface area contributed by atoms with Crippen molar-refractivity contribution in [2.45, 2.75) is 6.54 Å². The van der Waals surface area contributed by atoms with Gasteiger partial charge in [0.05, 0.1) is 29.4 Å². The number of nitriles is 1. The number of aromatic amines is 2. The summed E-state index contributed by atoms with van der Waals surface area (Å²) in [6.07, 6.45) is 0. The Bertz CT molecular complexity index is 1280. The van der Waals surface area contributed by atoms with Crippen molar-refractivity contribution in [1.29, 1.82) is 5.26 Å².